The molecule has 0 amide bonds. The van der Waals surface area contributed by atoms with Crippen LogP contribution >= 0.6 is 0 Å². The van der Waals surface area contributed by atoms with Gasteiger partial charge >= 0.3 is 0 Å². The van der Waals surface area contributed by atoms with Crippen molar-refractivity contribution in [1.29, 1.82) is 0 Å². The Bertz CT molecular complexity index is 536. The Balaban J connectivity index is 1.49. The normalized spacial score (nSPS) is 18.5. The zero-order valence-electron chi connectivity index (χ0n) is 11.1. The number of hydrogen-bond acceptors (Lipinski definition) is 2. The van der Waals surface area contributed by atoms with Crippen molar-refractivity contribution in [1.82, 2.24) is 4.98 Å². The lowest BCUT2D eigenvalue weighted by atomic mass is 9.74. The molecule has 1 aromatic carbocycles. The number of benzene rings is 1. The summed E-state index contributed by atoms with van der Waals surface area (Å²) in [6, 6.07) is 13.2. The van der Waals surface area contributed by atoms with Crippen LogP contribution in [-0.2, 0) is 12.8 Å². The summed E-state index contributed by atoms with van der Waals surface area (Å²) in [5.41, 5.74) is 10.6. The lowest BCUT2D eigenvalue weighted by molar-refractivity contribution is 0.467. The molecule has 0 aliphatic heterocycles. The van der Waals surface area contributed by atoms with Crippen LogP contribution in [-0.4, -0.2) is 11.0 Å². The molecule has 3 rings (SSSR count). The zero-order chi connectivity index (χ0) is 13.1. The van der Waals surface area contributed by atoms with E-state index in [1.54, 1.807) is 0 Å². The number of aromatic nitrogens is 1. The van der Waals surface area contributed by atoms with Gasteiger partial charge in [-0.1, -0.05) is 24.3 Å². The van der Waals surface area contributed by atoms with Gasteiger partial charge in [-0.15, -0.1) is 0 Å². The number of nitrogens with zero attached hydrogens (tertiary/aromatic N) is 1. The molecule has 0 fully saturated rings. The van der Waals surface area contributed by atoms with Gasteiger partial charge in [0.15, 0.2) is 0 Å². The predicted octanol–water partition coefficient (Wildman–Crippen LogP) is 3.07. The first-order valence-electron chi connectivity index (χ1n) is 7.05. The maximum atomic E-state index is 6.27. The fourth-order valence-electron chi connectivity index (χ4n) is 2.96. The van der Waals surface area contributed by atoms with Crippen LogP contribution in [0.5, 0.6) is 0 Å². The lowest BCUT2D eigenvalue weighted by Crippen LogP contribution is -2.28. The summed E-state index contributed by atoms with van der Waals surface area (Å²) in [5, 5.41) is 0. The van der Waals surface area contributed by atoms with Crippen LogP contribution in [0.1, 0.15) is 35.4 Å². The van der Waals surface area contributed by atoms with Crippen molar-refractivity contribution in [3.05, 3.63) is 65.5 Å². The molecule has 2 atom stereocenters. The molecular weight excluding hydrogens is 232 g/mol. The minimum absolute atomic E-state index is 0.298. The Labute approximate surface area is 114 Å². The number of fused-ring (bicyclic) bond motifs is 1. The van der Waals surface area contributed by atoms with Crippen LogP contribution in [0.25, 0.3) is 0 Å². The molecule has 2 unspecified atom stereocenters. The van der Waals surface area contributed by atoms with Crippen molar-refractivity contribution < 1.29 is 0 Å². The van der Waals surface area contributed by atoms with Crippen molar-refractivity contribution in [2.75, 3.05) is 0 Å². The molecule has 0 radical (unpaired) electrons. The van der Waals surface area contributed by atoms with E-state index in [0.717, 1.165) is 19.3 Å². The summed E-state index contributed by atoms with van der Waals surface area (Å²) in [7, 11) is 0. The molecule has 2 nitrogen and oxygen atoms in total. The molecule has 0 saturated heterocycles. The van der Waals surface area contributed by atoms with Gasteiger partial charge in [0.25, 0.3) is 0 Å². The van der Waals surface area contributed by atoms with Crippen LogP contribution < -0.4 is 5.73 Å². The SMILES string of the molecule is NC(CCc1ccncc1)CC1Cc2ccccc21. The van der Waals surface area contributed by atoms with E-state index in [4.69, 9.17) is 5.73 Å². The highest BCUT2D eigenvalue weighted by atomic mass is 14.6. The number of nitrogens with two attached hydrogens (primary N) is 1. The number of rotatable bonds is 5. The molecule has 98 valence electrons. The van der Waals surface area contributed by atoms with Gasteiger partial charge in [-0.05, 0) is 60.4 Å². The molecule has 0 bridgehead atoms. The first-order chi connectivity index (χ1) is 9.33. The van der Waals surface area contributed by atoms with Gasteiger partial charge in [0, 0.05) is 18.4 Å². The van der Waals surface area contributed by atoms with Crippen LogP contribution in [0.3, 0.4) is 0 Å². The van der Waals surface area contributed by atoms with Crippen molar-refractivity contribution in [2.24, 2.45) is 5.73 Å². The van der Waals surface area contributed by atoms with Gasteiger partial charge < -0.3 is 5.73 Å². The van der Waals surface area contributed by atoms with Crippen molar-refractivity contribution >= 4 is 0 Å². The molecule has 19 heavy (non-hydrogen) atoms. The summed E-state index contributed by atoms with van der Waals surface area (Å²) in [6.07, 6.45) is 8.13. The van der Waals surface area contributed by atoms with Crippen LogP contribution in [0.2, 0.25) is 0 Å². The molecule has 1 aliphatic rings. The zero-order valence-corrected chi connectivity index (χ0v) is 11.1. The molecule has 2 heteroatoms. The van der Waals surface area contributed by atoms with E-state index in [2.05, 4.69) is 41.4 Å². The van der Waals surface area contributed by atoms with Gasteiger partial charge in [-0.2, -0.15) is 0 Å². The predicted molar refractivity (Wildman–Crippen MR) is 78.0 cm³/mol. The highest BCUT2D eigenvalue weighted by Gasteiger charge is 2.26. The van der Waals surface area contributed by atoms with E-state index in [9.17, 15) is 0 Å². The Kier molecular flexibility index (Phi) is 3.60. The quantitative estimate of drug-likeness (QED) is 0.888. The van der Waals surface area contributed by atoms with E-state index >= 15 is 0 Å². The average Bonchev–Trinajstić information content (AvgIpc) is 2.44. The van der Waals surface area contributed by atoms with Crippen molar-refractivity contribution in [3.63, 3.8) is 0 Å². The Morgan fingerprint density at radius 1 is 1.16 bits per heavy atom. The third-order valence-corrected chi connectivity index (χ3v) is 4.10. The maximum Gasteiger partial charge on any atom is 0.0270 e. The van der Waals surface area contributed by atoms with E-state index in [0.29, 0.717) is 12.0 Å². The van der Waals surface area contributed by atoms with Crippen molar-refractivity contribution in [3.8, 4) is 0 Å². The Morgan fingerprint density at radius 3 is 2.74 bits per heavy atom. The molecular formula is C17H20N2. The molecule has 2 aromatic rings. The Morgan fingerprint density at radius 2 is 1.95 bits per heavy atom. The minimum Gasteiger partial charge on any atom is -0.328 e. The number of aryl methyl sites for hydroxylation is 1. The van der Waals surface area contributed by atoms with Gasteiger partial charge in [-0.3, -0.25) is 4.98 Å². The molecule has 1 heterocycles. The largest absolute Gasteiger partial charge is 0.328 e. The highest BCUT2D eigenvalue weighted by molar-refractivity contribution is 5.39. The molecule has 0 saturated carbocycles. The average molecular weight is 252 g/mol. The van der Waals surface area contributed by atoms with Crippen molar-refractivity contribution in [2.45, 2.75) is 37.6 Å². The van der Waals surface area contributed by atoms with E-state index in [1.165, 1.54) is 23.1 Å². The number of pyridine rings is 1. The smallest absolute Gasteiger partial charge is 0.0270 e. The standard InChI is InChI=1S/C17H20N2/c18-16(6-5-13-7-9-19-10-8-13)12-15-11-14-3-1-2-4-17(14)15/h1-4,7-10,15-16H,5-6,11-12,18H2. The summed E-state index contributed by atoms with van der Waals surface area (Å²) < 4.78 is 0. The molecule has 2 N–H and O–H groups in total. The number of hydrogen-bond donors (Lipinski definition) is 1. The summed E-state index contributed by atoms with van der Waals surface area (Å²) >= 11 is 0. The monoisotopic (exact) mass is 252 g/mol. The minimum atomic E-state index is 0.298. The third kappa shape index (κ3) is 2.85. The maximum absolute atomic E-state index is 6.27. The fourth-order valence-corrected chi connectivity index (χ4v) is 2.96. The molecule has 0 spiro atoms. The Hall–Kier alpha value is -1.67. The highest BCUT2D eigenvalue weighted by Crippen LogP contribution is 2.38. The van der Waals surface area contributed by atoms with Gasteiger partial charge in [0.05, 0.1) is 0 Å². The second-order valence-corrected chi connectivity index (χ2v) is 5.49. The van der Waals surface area contributed by atoms with Crippen LogP contribution in [0.4, 0.5) is 0 Å². The van der Waals surface area contributed by atoms with Gasteiger partial charge in [0.2, 0.25) is 0 Å². The van der Waals surface area contributed by atoms with E-state index in [1.807, 2.05) is 12.4 Å². The van der Waals surface area contributed by atoms with Crippen LogP contribution in [0, 0.1) is 0 Å². The summed E-state index contributed by atoms with van der Waals surface area (Å²) in [4.78, 5) is 4.04. The van der Waals surface area contributed by atoms with E-state index in [-0.39, 0.29) is 0 Å². The second kappa shape index (κ2) is 5.54. The fraction of sp³-hybridized carbons (Fsp3) is 0.353. The summed E-state index contributed by atoms with van der Waals surface area (Å²) in [6.45, 7) is 0. The van der Waals surface area contributed by atoms with Gasteiger partial charge in [-0.25, -0.2) is 0 Å². The first-order valence-corrected chi connectivity index (χ1v) is 7.05. The summed E-state index contributed by atoms with van der Waals surface area (Å²) in [5.74, 6) is 0.684. The third-order valence-electron chi connectivity index (χ3n) is 4.10. The molecule has 1 aliphatic carbocycles. The molecule has 1 aromatic heterocycles. The topological polar surface area (TPSA) is 38.9 Å². The van der Waals surface area contributed by atoms with E-state index < -0.39 is 0 Å². The lowest BCUT2D eigenvalue weighted by Gasteiger charge is -2.32. The van der Waals surface area contributed by atoms with Gasteiger partial charge in [0.1, 0.15) is 0 Å². The first kappa shape index (κ1) is 12.4. The second-order valence-electron chi connectivity index (χ2n) is 5.49. The van der Waals surface area contributed by atoms with Crippen LogP contribution in [0.15, 0.2) is 48.8 Å².